The zero-order chi connectivity index (χ0) is 17.4. The molecule has 25 heavy (non-hydrogen) atoms. The summed E-state index contributed by atoms with van der Waals surface area (Å²) in [7, 11) is -3.66. The average Bonchev–Trinajstić information content (AvgIpc) is 3.44. The number of sulfonamides is 1. The lowest BCUT2D eigenvalue weighted by atomic mass is 10.1. The molecule has 128 valence electrons. The Morgan fingerprint density at radius 2 is 1.68 bits per heavy atom. The molecule has 0 unspecified atom stereocenters. The van der Waals surface area contributed by atoms with E-state index in [-0.39, 0.29) is 6.10 Å². The highest BCUT2D eigenvalue weighted by Crippen LogP contribution is 2.28. The van der Waals surface area contributed by atoms with Crippen molar-refractivity contribution < 1.29 is 13.2 Å². The van der Waals surface area contributed by atoms with Crippen LogP contribution in [0.15, 0.2) is 71.6 Å². The fraction of sp³-hybridized carbons (Fsp3) is 0.200. The third kappa shape index (κ3) is 3.25. The normalized spacial score (nSPS) is 16.8. The molecule has 0 bridgehead atoms. The van der Waals surface area contributed by atoms with Gasteiger partial charge in [0.25, 0.3) is 10.0 Å². The van der Waals surface area contributed by atoms with Crippen molar-refractivity contribution in [3.05, 3.63) is 72.3 Å². The quantitative estimate of drug-likeness (QED) is 0.657. The molecular weight excluding hydrogens is 334 g/mol. The molecule has 3 aromatic rings. The molecule has 0 spiro atoms. The largest absolute Gasteiger partial charge is 0.371 e. The highest BCUT2D eigenvalue weighted by Gasteiger charge is 2.33. The number of aryl methyl sites for hydroxylation is 1. The van der Waals surface area contributed by atoms with Gasteiger partial charge in [-0.05, 0) is 42.0 Å². The fourth-order valence-electron chi connectivity index (χ4n) is 2.87. The van der Waals surface area contributed by atoms with E-state index in [0.717, 1.165) is 16.3 Å². The predicted octanol–water partition coefficient (Wildman–Crippen LogP) is 3.74. The lowest BCUT2D eigenvalue weighted by molar-refractivity contribution is 0.412. The van der Waals surface area contributed by atoms with Crippen LogP contribution in [0, 0.1) is 6.92 Å². The lowest BCUT2D eigenvalue weighted by Gasteiger charge is -2.24. The highest BCUT2D eigenvalue weighted by atomic mass is 32.2. The first-order chi connectivity index (χ1) is 12.0. The highest BCUT2D eigenvalue weighted by molar-refractivity contribution is 7.92. The van der Waals surface area contributed by atoms with Gasteiger partial charge in [0.2, 0.25) is 0 Å². The van der Waals surface area contributed by atoms with E-state index in [0.29, 0.717) is 23.7 Å². The summed E-state index contributed by atoms with van der Waals surface area (Å²) in [6.07, 6.45) is -0.0310. The van der Waals surface area contributed by atoms with Gasteiger partial charge < -0.3 is 4.74 Å². The van der Waals surface area contributed by atoms with Crippen molar-refractivity contribution in [2.75, 3.05) is 17.5 Å². The average molecular weight is 353 g/mol. The maximum Gasteiger partial charge on any atom is 0.264 e. The van der Waals surface area contributed by atoms with E-state index in [1.165, 1.54) is 4.31 Å². The van der Waals surface area contributed by atoms with Crippen molar-refractivity contribution in [3.63, 3.8) is 0 Å². The topological polar surface area (TPSA) is 49.9 Å². The third-order valence-corrected chi connectivity index (χ3v) is 6.19. The smallest absolute Gasteiger partial charge is 0.264 e. The molecular formula is C20H19NO3S. The van der Waals surface area contributed by atoms with Gasteiger partial charge in [-0.2, -0.15) is 0 Å². The van der Waals surface area contributed by atoms with Crippen LogP contribution in [0.3, 0.4) is 0 Å². The first kappa shape index (κ1) is 16.1. The number of hydrogen-bond donors (Lipinski definition) is 0. The van der Waals surface area contributed by atoms with Crippen LogP contribution in [0.2, 0.25) is 0 Å². The van der Waals surface area contributed by atoms with Gasteiger partial charge in [-0.15, -0.1) is 0 Å². The van der Waals surface area contributed by atoms with Gasteiger partial charge in [0, 0.05) is 0 Å². The summed E-state index contributed by atoms with van der Waals surface area (Å²) >= 11 is 0. The molecule has 1 atom stereocenters. The molecule has 0 N–H and O–H groups in total. The van der Waals surface area contributed by atoms with Crippen LogP contribution in [-0.4, -0.2) is 27.7 Å². The molecule has 0 amide bonds. The van der Waals surface area contributed by atoms with Crippen LogP contribution in [0.25, 0.3) is 10.8 Å². The molecule has 3 aromatic carbocycles. The van der Waals surface area contributed by atoms with Crippen LogP contribution < -0.4 is 4.31 Å². The Morgan fingerprint density at radius 1 is 1.00 bits per heavy atom. The number of ether oxygens (including phenoxy) is 1. The lowest BCUT2D eigenvalue weighted by Crippen LogP contribution is -2.34. The molecule has 4 rings (SSSR count). The monoisotopic (exact) mass is 353 g/mol. The maximum atomic E-state index is 13.3. The first-order valence-electron chi connectivity index (χ1n) is 8.24. The van der Waals surface area contributed by atoms with E-state index in [9.17, 15) is 8.42 Å². The van der Waals surface area contributed by atoms with Crippen molar-refractivity contribution in [1.82, 2.24) is 0 Å². The summed E-state index contributed by atoms with van der Waals surface area (Å²) in [4.78, 5) is 0.299. The molecule has 0 radical (unpaired) electrons. The Hall–Kier alpha value is -2.37. The van der Waals surface area contributed by atoms with Gasteiger partial charge in [0.05, 0.1) is 29.8 Å². The Labute approximate surface area is 147 Å². The zero-order valence-electron chi connectivity index (χ0n) is 13.9. The van der Waals surface area contributed by atoms with E-state index in [1.807, 2.05) is 61.5 Å². The Bertz CT molecular complexity index is 1010. The second-order valence-electron chi connectivity index (χ2n) is 6.34. The van der Waals surface area contributed by atoms with Crippen LogP contribution in [-0.2, 0) is 14.8 Å². The number of anilines is 1. The molecule has 0 aromatic heterocycles. The van der Waals surface area contributed by atoms with Crippen molar-refractivity contribution in [2.45, 2.75) is 17.9 Å². The molecule has 1 aliphatic heterocycles. The third-order valence-electron chi connectivity index (χ3n) is 4.40. The maximum absolute atomic E-state index is 13.3. The minimum absolute atomic E-state index is 0.0310. The van der Waals surface area contributed by atoms with E-state index < -0.39 is 10.0 Å². The molecule has 5 heteroatoms. The van der Waals surface area contributed by atoms with E-state index >= 15 is 0 Å². The first-order valence-corrected chi connectivity index (χ1v) is 9.68. The molecule has 0 saturated carbocycles. The summed E-state index contributed by atoms with van der Waals surface area (Å²) in [5, 5.41) is 1.93. The summed E-state index contributed by atoms with van der Waals surface area (Å²) in [5.74, 6) is 0. The van der Waals surface area contributed by atoms with Crippen molar-refractivity contribution in [2.24, 2.45) is 0 Å². The van der Waals surface area contributed by atoms with Crippen molar-refractivity contribution in [1.29, 1.82) is 0 Å². The summed E-state index contributed by atoms with van der Waals surface area (Å²) < 4.78 is 33.3. The number of benzene rings is 3. The standard InChI is InChI=1S/C20H19NO3S/c1-15-6-9-18(10-7-15)21(13-19-14-24-19)25(22,23)20-11-8-16-4-2-3-5-17(16)12-20/h2-12,19H,13-14H2,1H3/t19-/m0/s1. The Kier molecular flexibility index (Phi) is 3.98. The summed E-state index contributed by atoms with van der Waals surface area (Å²) in [6, 6.07) is 20.5. The summed E-state index contributed by atoms with van der Waals surface area (Å²) in [6.45, 7) is 2.92. The number of hydrogen-bond acceptors (Lipinski definition) is 3. The van der Waals surface area contributed by atoms with Crippen molar-refractivity contribution in [3.8, 4) is 0 Å². The van der Waals surface area contributed by atoms with Crippen LogP contribution in [0.4, 0.5) is 5.69 Å². The Morgan fingerprint density at radius 3 is 2.36 bits per heavy atom. The van der Waals surface area contributed by atoms with Gasteiger partial charge in [-0.1, -0.05) is 48.0 Å². The van der Waals surface area contributed by atoms with E-state index in [1.54, 1.807) is 12.1 Å². The number of nitrogens with zero attached hydrogens (tertiary/aromatic N) is 1. The van der Waals surface area contributed by atoms with Crippen LogP contribution >= 0.6 is 0 Å². The van der Waals surface area contributed by atoms with E-state index in [4.69, 9.17) is 4.74 Å². The molecule has 1 aliphatic rings. The van der Waals surface area contributed by atoms with Crippen LogP contribution in [0.1, 0.15) is 5.56 Å². The van der Waals surface area contributed by atoms with Gasteiger partial charge >= 0.3 is 0 Å². The SMILES string of the molecule is Cc1ccc(N(C[C@H]2CO2)S(=O)(=O)c2ccc3ccccc3c2)cc1. The van der Waals surface area contributed by atoms with Crippen molar-refractivity contribution >= 4 is 26.5 Å². The van der Waals surface area contributed by atoms with E-state index in [2.05, 4.69) is 0 Å². The molecule has 1 fully saturated rings. The van der Waals surface area contributed by atoms with Gasteiger partial charge in [-0.25, -0.2) is 8.42 Å². The minimum atomic E-state index is -3.66. The molecule has 0 aliphatic carbocycles. The van der Waals surface area contributed by atoms with Gasteiger partial charge in [0.1, 0.15) is 0 Å². The molecule has 4 nitrogen and oxygen atoms in total. The Balaban J connectivity index is 1.78. The number of fused-ring (bicyclic) bond motifs is 1. The summed E-state index contributed by atoms with van der Waals surface area (Å²) in [5.41, 5.74) is 1.75. The number of rotatable bonds is 5. The number of epoxide rings is 1. The molecule has 1 saturated heterocycles. The fourth-order valence-corrected chi connectivity index (χ4v) is 4.40. The predicted molar refractivity (Wildman–Crippen MR) is 99.4 cm³/mol. The van der Waals surface area contributed by atoms with Crippen LogP contribution in [0.5, 0.6) is 0 Å². The molecule has 1 heterocycles. The second kappa shape index (κ2) is 6.17. The zero-order valence-corrected chi connectivity index (χ0v) is 14.7. The van der Waals surface area contributed by atoms with Gasteiger partial charge in [0.15, 0.2) is 0 Å². The van der Waals surface area contributed by atoms with Gasteiger partial charge in [-0.3, -0.25) is 4.31 Å². The minimum Gasteiger partial charge on any atom is -0.371 e. The second-order valence-corrected chi connectivity index (χ2v) is 8.20.